The normalized spacial score (nSPS) is 17.4. The van der Waals surface area contributed by atoms with Crippen LogP contribution in [0, 0.1) is 0 Å². The molecular weight excluding hydrogens is 238 g/mol. The van der Waals surface area contributed by atoms with Crippen molar-refractivity contribution in [2.45, 2.75) is 44.6 Å². The van der Waals surface area contributed by atoms with Gasteiger partial charge in [0, 0.05) is 6.04 Å². The lowest BCUT2D eigenvalue weighted by Gasteiger charge is -2.30. The SMILES string of the molecule is CCNC(CCSC)c1ccccc1C1CCC1. The third-order valence-corrected chi connectivity index (χ3v) is 4.62. The second kappa shape index (κ2) is 7.20. The zero-order chi connectivity index (χ0) is 12.8. The molecule has 1 N–H and O–H groups in total. The van der Waals surface area contributed by atoms with E-state index in [0.29, 0.717) is 6.04 Å². The van der Waals surface area contributed by atoms with Crippen LogP contribution in [0.25, 0.3) is 0 Å². The van der Waals surface area contributed by atoms with E-state index in [4.69, 9.17) is 0 Å². The van der Waals surface area contributed by atoms with E-state index < -0.39 is 0 Å². The summed E-state index contributed by atoms with van der Waals surface area (Å²) in [6.07, 6.45) is 7.62. The minimum absolute atomic E-state index is 0.541. The number of hydrogen-bond donors (Lipinski definition) is 1. The van der Waals surface area contributed by atoms with Gasteiger partial charge in [-0.1, -0.05) is 37.6 Å². The Morgan fingerprint density at radius 2 is 2.11 bits per heavy atom. The number of rotatable bonds is 7. The Labute approximate surface area is 116 Å². The molecule has 1 atom stereocenters. The average Bonchev–Trinajstić information content (AvgIpc) is 2.33. The molecule has 1 unspecified atom stereocenters. The van der Waals surface area contributed by atoms with Crippen LogP contribution in [-0.4, -0.2) is 18.6 Å². The van der Waals surface area contributed by atoms with Gasteiger partial charge in [0.05, 0.1) is 0 Å². The van der Waals surface area contributed by atoms with Crippen molar-refractivity contribution in [3.8, 4) is 0 Å². The van der Waals surface area contributed by atoms with E-state index in [2.05, 4.69) is 42.8 Å². The van der Waals surface area contributed by atoms with Gasteiger partial charge in [-0.2, -0.15) is 11.8 Å². The predicted octanol–water partition coefficient (Wildman–Crippen LogP) is 4.36. The Morgan fingerprint density at radius 1 is 1.33 bits per heavy atom. The van der Waals surface area contributed by atoms with Crippen molar-refractivity contribution in [3.63, 3.8) is 0 Å². The molecule has 0 bridgehead atoms. The van der Waals surface area contributed by atoms with Gasteiger partial charge in [0.15, 0.2) is 0 Å². The minimum Gasteiger partial charge on any atom is -0.310 e. The molecule has 0 spiro atoms. The van der Waals surface area contributed by atoms with E-state index >= 15 is 0 Å². The Hall–Kier alpha value is -0.470. The first kappa shape index (κ1) is 14.0. The molecule has 2 rings (SSSR count). The van der Waals surface area contributed by atoms with Crippen molar-refractivity contribution in [2.75, 3.05) is 18.6 Å². The van der Waals surface area contributed by atoms with Gasteiger partial charge in [-0.15, -0.1) is 0 Å². The first-order valence-electron chi connectivity index (χ1n) is 7.18. The summed E-state index contributed by atoms with van der Waals surface area (Å²) in [4.78, 5) is 0. The van der Waals surface area contributed by atoms with Gasteiger partial charge < -0.3 is 5.32 Å². The second-order valence-corrected chi connectivity index (χ2v) is 6.13. The number of hydrogen-bond acceptors (Lipinski definition) is 2. The van der Waals surface area contributed by atoms with Crippen molar-refractivity contribution < 1.29 is 0 Å². The lowest BCUT2D eigenvalue weighted by Crippen LogP contribution is -2.24. The highest BCUT2D eigenvalue weighted by Crippen LogP contribution is 2.40. The van der Waals surface area contributed by atoms with Gasteiger partial charge >= 0.3 is 0 Å². The molecule has 18 heavy (non-hydrogen) atoms. The fourth-order valence-electron chi connectivity index (χ4n) is 2.77. The van der Waals surface area contributed by atoms with Crippen LogP contribution in [0.4, 0.5) is 0 Å². The van der Waals surface area contributed by atoms with Crippen molar-refractivity contribution in [1.82, 2.24) is 5.32 Å². The number of nitrogens with one attached hydrogen (secondary N) is 1. The molecule has 100 valence electrons. The Balaban J connectivity index is 2.16. The molecule has 1 aromatic carbocycles. The number of thioether (sulfide) groups is 1. The topological polar surface area (TPSA) is 12.0 Å². The first-order valence-corrected chi connectivity index (χ1v) is 8.57. The van der Waals surface area contributed by atoms with E-state index in [0.717, 1.165) is 12.5 Å². The molecule has 1 nitrogen and oxygen atoms in total. The fourth-order valence-corrected chi connectivity index (χ4v) is 3.24. The van der Waals surface area contributed by atoms with Gasteiger partial charge in [-0.3, -0.25) is 0 Å². The van der Waals surface area contributed by atoms with Crippen LogP contribution in [-0.2, 0) is 0 Å². The maximum Gasteiger partial charge on any atom is 0.0330 e. The van der Waals surface area contributed by atoms with Crippen molar-refractivity contribution >= 4 is 11.8 Å². The van der Waals surface area contributed by atoms with Crippen molar-refractivity contribution in [2.24, 2.45) is 0 Å². The average molecular weight is 263 g/mol. The lowest BCUT2D eigenvalue weighted by atomic mass is 9.77. The molecule has 2 heteroatoms. The maximum absolute atomic E-state index is 3.66. The third kappa shape index (κ3) is 3.30. The minimum atomic E-state index is 0.541. The third-order valence-electron chi connectivity index (χ3n) is 3.98. The quantitative estimate of drug-likeness (QED) is 0.784. The van der Waals surface area contributed by atoms with Crippen LogP contribution in [0.2, 0.25) is 0 Å². The number of benzene rings is 1. The van der Waals surface area contributed by atoms with Gasteiger partial charge in [-0.05, 0) is 54.9 Å². The van der Waals surface area contributed by atoms with Crippen LogP contribution in [0.15, 0.2) is 24.3 Å². The summed E-state index contributed by atoms with van der Waals surface area (Å²) in [6, 6.07) is 9.62. The maximum atomic E-state index is 3.66. The molecule has 0 aliphatic heterocycles. The van der Waals surface area contributed by atoms with Crippen LogP contribution in [0.3, 0.4) is 0 Å². The Kier molecular flexibility index (Phi) is 5.58. The zero-order valence-corrected chi connectivity index (χ0v) is 12.4. The molecule has 1 saturated carbocycles. The molecule has 0 heterocycles. The molecule has 1 fully saturated rings. The van der Waals surface area contributed by atoms with Crippen molar-refractivity contribution in [1.29, 1.82) is 0 Å². The highest BCUT2D eigenvalue weighted by Gasteiger charge is 2.24. The van der Waals surface area contributed by atoms with Crippen LogP contribution in [0.1, 0.15) is 55.7 Å². The van der Waals surface area contributed by atoms with Crippen LogP contribution >= 0.6 is 11.8 Å². The standard InChI is InChI=1S/C16H25NS/c1-3-17-16(11-12-18-2)15-10-5-4-9-14(15)13-7-6-8-13/h4-5,9-10,13,16-17H,3,6-8,11-12H2,1-2H3. The molecule has 0 radical (unpaired) electrons. The molecule has 1 aliphatic rings. The van der Waals surface area contributed by atoms with E-state index in [-0.39, 0.29) is 0 Å². The van der Waals surface area contributed by atoms with Gasteiger partial charge in [0.1, 0.15) is 0 Å². The smallest absolute Gasteiger partial charge is 0.0330 e. The Morgan fingerprint density at radius 3 is 2.72 bits per heavy atom. The van der Waals surface area contributed by atoms with Crippen LogP contribution < -0.4 is 5.32 Å². The highest BCUT2D eigenvalue weighted by molar-refractivity contribution is 7.98. The molecule has 0 aromatic heterocycles. The molecule has 0 saturated heterocycles. The molecule has 0 amide bonds. The summed E-state index contributed by atoms with van der Waals surface area (Å²) >= 11 is 1.94. The largest absolute Gasteiger partial charge is 0.310 e. The molecular formula is C16H25NS. The lowest BCUT2D eigenvalue weighted by molar-refractivity contribution is 0.411. The monoisotopic (exact) mass is 263 g/mol. The van der Waals surface area contributed by atoms with Crippen LogP contribution in [0.5, 0.6) is 0 Å². The van der Waals surface area contributed by atoms with E-state index in [1.54, 1.807) is 11.1 Å². The van der Waals surface area contributed by atoms with Gasteiger partial charge in [-0.25, -0.2) is 0 Å². The summed E-state index contributed by atoms with van der Waals surface area (Å²) in [6.45, 7) is 3.26. The van der Waals surface area contributed by atoms with E-state index in [1.807, 2.05) is 11.8 Å². The summed E-state index contributed by atoms with van der Waals surface area (Å²) in [5.41, 5.74) is 3.16. The predicted molar refractivity (Wildman–Crippen MR) is 82.5 cm³/mol. The molecule has 1 aromatic rings. The van der Waals surface area contributed by atoms with Gasteiger partial charge in [0.25, 0.3) is 0 Å². The summed E-state index contributed by atoms with van der Waals surface area (Å²) in [7, 11) is 0. The zero-order valence-electron chi connectivity index (χ0n) is 11.6. The van der Waals surface area contributed by atoms with E-state index in [9.17, 15) is 0 Å². The highest BCUT2D eigenvalue weighted by atomic mass is 32.2. The Bertz CT molecular complexity index is 360. The van der Waals surface area contributed by atoms with E-state index in [1.165, 1.54) is 31.4 Å². The summed E-state index contributed by atoms with van der Waals surface area (Å²) < 4.78 is 0. The summed E-state index contributed by atoms with van der Waals surface area (Å²) in [5, 5.41) is 3.66. The van der Waals surface area contributed by atoms with Crippen molar-refractivity contribution in [3.05, 3.63) is 35.4 Å². The summed E-state index contributed by atoms with van der Waals surface area (Å²) in [5.74, 6) is 2.06. The van der Waals surface area contributed by atoms with Gasteiger partial charge in [0.2, 0.25) is 0 Å². The fraction of sp³-hybridized carbons (Fsp3) is 0.625. The first-order chi connectivity index (χ1) is 8.86. The molecule has 1 aliphatic carbocycles. The second-order valence-electron chi connectivity index (χ2n) is 5.15.